The molecule has 1 aliphatic rings. The van der Waals surface area contributed by atoms with Crippen LogP contribution < -0.4 is 5.73 Å². The van der Waals surface area contributed by atoms with Crippen molar-refractivity contribution in [1.29, 1.82) is 0 Å². The monoisotopic (exact) mass is 324 g/mol. The molecule has 0 aromatic rings. The van der Waals surface area contributed by atoms with Crippen molar-refractivity contribution in [3.63, 3.8) is 0 Å². The molecule has 2 amide bonds. The Morgan fingerprint density at radius 1 is 1.39 bits per heavy atom. The fraction of sp³-hybridized carbons (Fsp3) is 0.824. The Morgan fingerprint density at radius 3 is 2.52 bits per heavy atom. The summed E-state index contributed by atoms with van der Waals surface area (Å²) in [6.45, 7) is 12.1. The molecule has 0 saturated heterocycles. The summed E-state index contributed by atoms with van der Waals surface area (Å²) in [5.41, 5.74) is 5.27. The lowest BCUT2D eigenvalue weighted by Crippen LogP contribution is -2.44. The first-order valence-corrected chi connectivity index (χ1v) is 8.64. The van der Waals surface area contributed by atoms with Gasteiger partial charge in [0.2, 0.25) is 6.41 Å². The highest BCUT2D eigenvalue weighted by Gasteiger charge is 2.43. The molecule has 0 aromatic carbocycles. The van der Waals surface area contributed by atoms with Crippen molar-refractivity contribution in [2.75, 3.05) is 19.6 Å². The fourth-order valence-corrected chi connectivity index (χ4v) is 3.21. The summed E-state index contributed by atoms with van der Waals surface area (Å²) in [4.78, 5) is 31.4. The zero-order valence-electron chi connectivity index (χ0n) is 15.2. The zero-order valence-corrected chi connectivity index (χ0v) is 15.2. The molecule has 23 heavy (non-hydrogen) atoms. The zero-order chi connectivity index (χ0) is 17.6. The van der Waals surface area contributed by atoms with Crippen LogP contribution in [0.15, 0.2) is 4.99 Å². The van der Waals surface area contributed by atoms with Gasteiger partial charge in [0.05, 0.1) is 0 Å². The van der Waals surface area contributed by atoms with E-state index in [1.807, 2.05) is 13.8 Å². The van der Waals surface area contributed by atoms with Crippen LogP contribution in [0.3, 0.4) is 0 Å². The largest absolute Gasteiger partial charge is 0.369 e. The number of nitrogens with two attached hydrogens (primary N) is 1. The van der Waals surface area contributed by atoms with E-state index in [0.717, 1.165) is 25.8 Å². The van der Waals surface area contributed by atoms with Gasteiger partial charge in [-0.05, 0) is 38.5 Å². The van der Waals surface area contributed by atoms with Gasteiger partial charge < -0.3 is 10.6 Å². The number of hydrogen-bond acceptors (Lipinski definition) is 4. The third-order valence-corrected chi connectivity index (χ3v) is 4.54. The van der Waals surface area contributed by atoms with E-state index >= 15 is 0 Å². The number of carbonyl (C=O) groups is 2. The summed E-state index contributed by atoms with van der Waals surface area (Å²) in [5, 5.41) is 0. The summed E-state index contributed by atoms with van der Waals surface area (Å²) < 4.78 is 0. The Bertz CT molecular complexity index is 450. The predicted molar refractivity (Wildman–Crippen MR) is 92.9 cm³/mol. The maximum atomic E-state index is 12.7. The average molecular weight is 324 g/mol. The van der Waals surface area contributed by atoms with Gasteiger partial charge in [-0.2, -0.15) is 0 Å². The van der Waals surface area contributed by atoms with E-state index in [1.54, 1.807) is 9.80 Å². The van der Waals surface area contributed by atoms with E-state index in [1.165, 1.54) is 0 Å². The molecule has 2 N–H and O–H groups in total. The maximum absolute atomic E-state index is 12.7. The van der Waals surface area contributed by atoms with Gasteiger partial charge in [0.15, 0.2) is 5.96 Å². The van der Waals surface area contributed by atoms with Crippen LogP contribution in [0.2, 0.25) is 0 Å². The lowest BCUT2D eigenvalue weighted by Gasteiger charge is -2.26. The third-order valence-electron chi connectivity index (χ3n) is 4.54. The first-order valence-electron chi connectivity index (χ1n) is 8.64. The number of amides is 2. The van der Waals surface area contributed by atoms with Crippen LogP contribution in [0.1, 0.15) is 53.9 Å². The smallest absolute Gasteiger partial charge is 0.257 e. The average Bonchev–Trinajstić information content (AvgIpc) is 2.69. The molecular formula is C17H32N4O2. The van der Waals surface area contributed by atoms with Crippen molar-refractivity contribution < 1.29 is 9.59 Å². The third kappa shape index (κ3) is 4.94. The van der Waals surface area contributed by atoms with E-state index in [2.05, 4.69) is 25.8 Å². The van der Waals surface area contributed by atoms with Gasteiger partial charge in [0, 0.05) is 19.6 Å². The summed E-state index contributed by atoms with van der Waals surface area (Å²) in [6, 6.07) is 0. The summed E-state index contributed by atoms with van der Waals surface area (Å²) in [7, 11) is 0. The van der Waals surface area contributed by atoms with Gasteiger partial charge in [-0.15, -0.1) is 0 Å². The quantitative estimate of drug-likeness (QED) is 0.623. The minimum Gasteiger partial charge on any atom is -0.369 e. The van der Waals surface area contributed by atoms with Gasteiger partial charge in [-0.25, -0.2) is 4.99 Å². The summed E-state index contributed by atoms with van der Waals surface area (Å²) in [6.07, 6.45) is 3.38. The van der Waals surface area contributed by atoms with Gasteiger partial charge >= 0.3 is 0 Å². The van der Waals surface area contributed by atoms with Crippen molar-refractivity contribution in [2.45, 2.75) is 59.4 Å². The highest BCUT2D eigenvalue weighted by atomic mass is 16.2. The number of nitrogens with zero attached hydrogens (tertiary/aromatic N) is 3. The Balaban J connectivity index is 2.65. The molecule has 2 atom stereocenters. The van der Waals surface area contributed by atoms with Crippen LogP contribution in [0.5, 0.6) is 0 Å². The van der Waals surface area contributed by atoms with E-state index in [0.29, 0.717) is 37.3 Å². The van der Waals surface area contributed by atoms with Crippen molar-refractivity contribution in [3.05, 3.63) is 0 Å². The summed E-state index contributed by atoms with van der Waals surface area (Å²) >= 11 is 0. The van der Waals surface area contributed by atoms with Gasteiger partial charge in [-0.1, -0.05) is 27.2 Å². The normalized spacial score (nSPS) is 22.4. The van der Waals surface area contributed by atoms with Crippen LogP contribution in [0.4, 0.5) is 0 Å². The molecule has 1 heterocycles. The fourth-order valence-electron chi connectivity index (χ4n) is 3.21. The first-order chi connectivity index (χ1) is 10.8. The van der Waals surface area contributed by atoms with Crippen molar-refractivity contribution in [2.24, 2.45) is 22.6 Å². The van der Waals surface area contributed by atoms with Crippen molar-refractivity contribution in [1.82, 2.24) is 9.80 Å². The lowest BCUT2D eigenvalue weighted by molar-refractivity contribution is -0.131. The molecule has 0 radical (unpaired) electrons. The second kappa shape index (κ2) is 8.31. The highest BCUT2D eigenvalue weighted by Crippen LogP contribution is 2.29. The Labute approximate surface area is 140 Å². The molecule has 132 valence electrons. The van der Waals surface area contributed by atoms with E-state index in [4.69, 9.17) is 5.73 Å². The summed E-state index contributed by atoms with van der Waals surface area (Å²) in [5.74, 6) is 1.07. The van der Waals surface area contributed by atoms with Crippen molar-refractivity contribution >= 4 is 18.3 Å². The molecule has 0 bridgehead atoms. The molecule has 0 aromatic heterocycles. The molecule has 0 aliphatic carbocycles. The van der Waals surface area contributed by atoms with Crippen LogP contribution in [-0.4, -0.2) is 53.2 Å². The molecule has 6 heteroatoms. The SMILES string of the molecule is CCC(CCN1C(=O)C(C)(CC(C)C)N=C1N)CN(C=O)CC. The van der Waals surface area contributed by atoms with E-state index in [-0.39, 0.29) is 5.91 Å². The molecule has 2 unspecified atom stereocenters. The number of carbonyl (C=O) groups excluding carboxylic acids is 2. The molecular weight excluding hydrogens is 292 g/mol. The Kier molecular flexibility index (Phi) is 7.03. The van der Waals surface area contributed by atoms with Crippen LogP contribution in [0.25, 0.3) is 0 Å². The molecule has 0 saturated carbocycles. The lowest BCUT2D eigenvalue weighted by atomic mass is 9.91. The minimum absolute atomic E-state index is 0.00119. The first kappa shape index (κ1) is 19.5. The topological polar surface area (TPSA) is 79.0 Å². The van der Waals surface area contributed by atoms with Crippen LogP contribution in [-0.2, 0) is 9.59 Å². The molecule has 0 fully saturated rings. The highest BCUT2D eigenvalue weighted by molar-refractivity contribution is 6.06. The van der Waals surface area contributed by atoms with E-state index in [9.17, 15) is 9.59 Å². The predicted octanol–water partition coefficient (Wildman–Crippen LogP) is 1.84. The molecule has 6 nitrogen and oxygen atoms in total. The number of aliphatic imine (C=N–C) groups is 1. The second-order valence-corrected chi connectivity index (χ2v) is 7.05. The molecule has 1 aliphatic heterocycles. The number of rotatable bonds is 10. The maximum Gasteiger partial charge on any atom is 0.257 e. The number of guanidine groups is 1. The molecule has 0 spiro atoms. The van der Waals surface area contributed by atoms with E-state index < -0.39 is 5.54 Å². The molecule has 1 rings (SSSR count). The number of hydrogen-bond donors (Lipinski definition) is 1. The van der Waals surface area contributed by atoms with Gasteiger partial charge in [-0.3, -0.25) is 14.5 Å². The van der Waals surface area contributed by atoms with Gasteiger partial charge in [0.1, 0.15) is 5.54 Å². The van der Waals surface area contributed by atoms with Crippen LogP contribution >= 0.6 is 0 Å². The van der Waals surface area contributed by atoms with Crippen molar-refractivity contribution in [3.8, 4) is 0 Å². The van der Waals surface area contributed by atoms with Crippen LogP contribution in [0, 0.1) is 11.8 Å². The minimum atomic E-state index is -0.724. The second-order valence-electron chi connectivity index (χ2n) is 7.05. The van der Waals surface area contributed by atoms with Gasteiger partial charge in [0.25, 0.3) is 5.91 Å². The Hall–Kier alpha value is -1.59. The standard InChI is InChI=1S/C17H32N4O2/c1-6-14(11-20(7-2)12-22)8-9-21-15(23)17(5,10-13(3)4)19-16(21)18/h12-14H,6-11H2,1-5H3,(H2,18,19). The Morgan fingerprint density at radius 2 is 2.04 bits per heavy atom.